The van der Waals surface area contributed by atoms with Gasteiger partial charge in [0.1, 0.15) is 10.9 Å². The van der Waals surface area contributed by atoms with E-state index in [9.17, 15) is 0 Å². The molecule has 0 radical (unpaired) electrons. The Bertz CT molecular complexity index is 484. The molecule has 0 unspecified atom stereocenters. The average molecular weight is 260 g/mol. The number of nitrogens with zero attached hydrogens (tertiary/aromatic N) is 1. The van der Waals surface area contributed by atoms with Crippen LogP contribution in [0.5, 0.6) is 10.9 Å². The zero-order chi connectivity index (χ0) is 10.8. The average Bonchev–Trinajstić information content (AvgIpc) is 2.58. The second-order valence-electron chi connectivity index (χ2n) is 2.95. The highest BCUT2D eigenvalue weighted by Crippen LogP contribution is 2.30. The molecule has 1 aromatic heterocycles. The molecule has 15 heavy (non-hydrogen) atoms. The molecule has 0 bridgehead atoms. The fraction of sp³-hybridized carbons (Fsp3) is 0.100. The molecule has 2 nitrogen and oxygen atoms in total. The van der Waals surface area contributed by atoms with Crippen LogP contribution in [0.2, 0.25) is 10.2 Å². The van der Waals surface area contributed by atoms with E-state index in [1.807, 2.05) is 19.1 Å². The number of hydrogen-bond donors (Lipinski definition) is 0. The van der Waals surface area contributed by atoms with E-state index in [0.29, 0.717) is 21.1 Å². The highest BCUT2D eigenvalue weighted by Gasteiger charge is 2.05. The number of halogens is 2. The Morgan fingerprint density at radius 3 is 2.80 bits per heavy atom. The predicted molar refractivity (Wildman–Crippen MR) is 63.4 cm³/mol. The summed E-state index contributed by atoms with van der Waals surface area (Å²) in [5, 5.41) is 3.31. The number of rotatable bonds is 2. The van der Waals surface area contributed by atoms with Gasteiger partial charge in [0.15, 0.2) is 0 Å². The van der Waals surface area contributed by atoms with Gasteiger partial charge in [0.25, 0.3) is 5.19 Å². The maximum atomic E-state index is 5.87. The van der Waals surface area contributed by atoms with Gasteiger partial charge in [0, 0.05) is 10.4 Å². The summed E-state index contributed by atoms with van der Waals surface area (Å²) in [6.45, 7) is 1.95. The largest absolute Gasteiger partial charge is 0.431 e. The Balaban J connectivity index is 2.27. The highest BCUT2D eigenvalue weighted by atomic mass is 35.5. The first-order valence-electron chi connectivity index (χ1n) is 4.20. The third-order valence-electron chi connectivity index (χ3n) is 1.80. The van der Waals surface area contributed by atoms with Crippen LogP contribution in [0, 0.1) is 6.92 Å². The van der Waals surface area contributed by atoms with Crippen LogP contribution in [-0.4, -0.2) is 4.98 Å². The summed E-state index contributed by atoms with van der Waals surface area (Å²) >= 11 is 12.9. The summed E-state index contributed by atoms with van der Waals surface area (Å²) in [4.78, 5) is 4.00. The van der Waals surface area contributed by atoms with Gasteiger partial charge in [-0.1, -0.05) is 40.6 Å². The Labute approximate surface area is 101 Å². The Kier molecular flexibility index (Phi) is 3.14. The van der Waals surface area contributed by atoms with Crippen molar-refractivity contribution in [3.63, 3.8) is 0 Å². The van der Waals surface area contributed by atoms with Gasteiger partial charge >= 0.3 is 0 Å². The van der Waals surface area contributed by atoms with Crippen LogP contribution >= 0.6 is 34.5 Å². The third-order valence-corrected chi connectivity index (χ3v) is 3.08. The predicted octanol–water partition coefficient (Wildman–Crippen LogP) is 4.55. The molecule has 5 heteroatoms. The Morgan fingerprint density at radius 1 is 1.33 bits per heavy atom. The van der Waals surface area contributed by atoms with Gasteiger partial charge in [-0.15, -0.1) is 0 Å². The van der Waals surface area contributed by atoms with Crippen molar-refractivity contribution >= 4 is 34.5 Å². The molecule has 2 aromatic rings. The fourth-order valence-corrected chi connectivity index (χ4v) is 2.03. The van der Waals surface area contributed by atoms with Crippen molar-refractivity contribution in [1.29, 1.82) is 0 Å². The van der Waals surface area contributed by atoms with Gasteiger partial charge in [-0.3, -0.25) is 0 Å². The van der Waals surface area contributed by atoms with E-state index in [2.05, 4.69) is 4.98 Å². The zero-order valence-corrected chi connectivity index (χ0v) is 10.2. The second-order valence-corrected chi connectivity index (χ2v) is 4.59. The number of aryl methyl sites for hydroxylation is 1. The summed E-state index contributed by atoms with van der Waals surface area (Å²) in [5.74, 6) is 0.702. The molecule has 0 saturated carbocycles. The molecule has 0 saturated heterocycles. The van der Waals surface area contributed by atoms with Gasteiger partial charge in [0.05, 0.1) is 0 Å². The summed E-state index contributed by atoms with van der Waals surface area (Å²) in [7, 11) is 0. The lowest BCUT2D eigenvalue weighted by molar-refractivity contribution is 0.475. The summed E-state index contributed by atoms with van der Waals surface area (Å²) in [5.41, 5.74) is 1.01. The minimum Gasteiger partial charge on any atom is -0.431 e. The van der Waals surface area contributed by atoms with E-state index in [-0.39, 0.29) is 0 Å². The molecular formula is C10H7Cl2NOS. The molecule has 0 fully saturated rings. The molecule has 1 aromatic carbocycles. The third kappa shape index (κ3) is 2.62. The first-order valence-corrected chi connectivity index (χ1v) is 5.84. The van der Waals surface area contributed by atoms with Gasteiger partial charge in [-0.2, -0.15) is 4.98 Å². The first-order chi connectivity index (χ1) is 7.15. The van der Waals surface area contributed by atoms with Crippen molar-refractivity contribution in [2.45, 2.75) is 6.92 Å². The smallest absolute Gasteiger partial charge is 0.280 e. The lowest BCUT2D eigenvalue weighted by atomic mass is 10.2. The molecule has 0 amide bonds. The van der Waals surface area contributed by atoms with E-state index >= 15 is 0 Å². The summed E-state index contributed by atoms with van der Waals surface area (Å²) < 4.78 is 5.55. The number of aromatic nitrogens is 1. The zero-order valence-electron chi connectivity index (χ0n) is 7.83. The molecule has 78 valence electrons. The van der Waals surface area contributed by atoms with Crippen molar-refractivity contribution < 1.29 is 4.74 Å². The van der Waals surface area contributed by atoms with Crippen molar-refractivity contribution in [2.24, 2.45) is 0 Å². The lowest BCUT2D eigenvalue weighted by Crippen LogP contribution is -1.86. The molecule has 1 heterocycles. The summed E-state index contributed by atoms with van der Waals surface area (Å²) in [6.07, 6.45) is 0. The van der Waals surface area contributed by atoms with Gasteiger partial charge in [-0.25, -0.2) is 0 Å². The monoisotopic (exact) mass is 259 g/mol. The maximum absolute atomic E-state index is 5.87. The molecule has 0 spiro atoms. The second kappa shape index (κ2) is 4.39. The van der Waals surface area contributed by atoms with Crippen LogP contribution < -0.4 is 4.74 Å². The summed E-state index contributed by atoms with van der Waals surface area (Å²) in [6, 6.07) is 5.47. The van der Waals surface area contributed by atoms with E-state index in [1.165, 1.54) is 11.3 Å². The number of hydrogen-bond acceptors (Lipinski definition) is 3. The van der Waals surface area contributed by atoms with E-state index in [4.69, 9.17) is 27.9 Å². The lowest BCUT2D eigenvalue weighted by Gasteiger charge is -2.05. The molecule has 0 aliphatic heterocycles. The van der Waals surface area contributed by atoms with Crippen LogP contribution in [0.1, 0.15) is 5.56 Å². The highest BCUT2D eigenvalue weighted by molar-refractivity contribution is 7.11. The van der Waals surface area contributed by atoms with Crippen LogP contribution in [-0.2, 0) is 0 Å². The van der Waals surface area contributed by atoms with Crippen LogP contribution in [0.15, 0.2) is 23.6 Å². The van der Waals surface area contributed by atoms with Crippen molar-refractivity contribution in [3.05, 3.63) is 39.3 Å². The topological polar surface area (TPSA) is 22.1 Å². The van der Waals surface area contributed by atoms with E-state index < -0.39 is 0 Å². The first kappa shape index (κ1) is 10.7. The van der Waals surface area contributed by atoms with Gasteiger partial charge in [-0.05, 0) is 24.6 Å². The molecular weight excluding hydrogens is 253 g/mol. The van der Waals surface area contributed by atoms with Crippen LogP contribution in [0.4, 0.5) is 0 Å². The number of benzene rings is 1. The number of ether oxygens (including phenoxy) is 1. The quantitative estimate of drug-likeness (QED) is 0.790. The molecule has 0 aliphatic carbocycles. The molecule has 0 aliphatic rings. The Morgan fingerprint density at radius 2 is 2.13 bits per heavy atom. The fourth-order valence-electron chi connectivity index (χ4n) is 1.06. The van der Waals surface area contributed by atoms with Crippen molar-refractivity contribution in [3.8, 4) is 10.9 Å². The number of thiazole rings is 1. The molecule has 0 N–H and O–H groups in total. The molecule has 0 atom stereocenters. The minimum atomic E-state index is 0.440. The maximum Gasteiger partial charge on any atom is 0.280 e. The van der Waals surface area contributed by atoms with Crippen molar-refractivity contribution in [2.75, 3.05) is 0 Å². The van der Waals surface area contributed by atoms with Gasteiger partial charge in [0.2, 0.25) is 0 Å². The Hall–Kier alpha value is -0.770. The van der Waals surface area contributed by atoms with E-state index in [0.717, 1.165) is 5.56 Å². The normalized spacial score (nSPS) is 10.3. The van der Waals surface area contributed by atoms with Crippen LogP contribution in [0.25, 0.3) is 0 Å². The van der Waals surface area contributed by atoms with Gasteiger partial charge < -0.3 is 4.74 Å². The van der Waals surface area contributed by atoms with Crippen molar-refractivity contribution in [1.82, 2.24) is 4.98 Å². The standard InChI is InChI=1S/C10H7Cl2NOS/c1-6-2-3-7(11)4-8(6)14-10-13-9(12)5-15-10/h2-5H,1H3. The SMILES string of the molecule is Cc1ccc(Cl)cc1Oc1nc(Cl)cs1. The van der Waals surface area contributed by atoms with Crippen LogP contribution in [0.3, 0.4) is 0 Å². The minimum absolute atomic E-state index is 0.440. The van der Waals surface area contributed by atoms with E-state index in [1.54, 1.807) is 11.4 Å². The molecule has 2 rings (SSSR count).